The molecule has 0 radical (unpaired) electrons. The van der Waals surface area contributed by atoms with E-state index in [-0.39, 0.29) is 24.4 Å². The molecule has 3 atom stereocenters. The predicted octanol–water partition coefficient (Wildman–Crippen LogP) is 0.999. The summed E-state index contributed by atoms with van der Waals surface area (Å²) >= 11 is 0. The average Bonchev–Trinajstić information content (AvgIpc) is 3.06. The molecule has 1 heterocycles. The number of nitrogens with zero attached hydrogens (tertiary/aromatic N) is 4. The van der Waals surface area contributed by atoms with Crippen molar-refractivity contribution < 1.29 is 9.53 Å². The van der Waals surface area contributed by atoms with Gasteiger partial charge in [0.2, 0.25) is 11.9 Å². The van der Waals surface area contributed by atoms with Gasteiger partial charge in [-0.1, -0.05) is 6.42 Å². The highest BCUT2D eigenvalue weighted by Crippen LogP contribution is 2.48. The third kappa shape index (κ3) is 2.91. The monoisotopic (exact) mass is 291 g/mol. The van der Waals surface area contributed by atoms with Gasteiger partial charge in [-0.15, -0.1) is 0 Å². The second-order valence-electron chi connectivity index (χ2n) is 6.19. The van der Waals surface area contributed by atoms with Crippen LogP contribution in [0.15, 0.2) is 0 Å². The highest BCUT2D eigenvalue weighted by molar-refractivity contribution is 5.73. The maximum absolute atomic E-state index is 12.2. The van der Waals surface area contributed by atoms with Gasteiger partial charge in [0.1, 0.15) is 0 Å². The maximum Gasteiger partial charge on any atom is 0.309 e. The molecule has 2 aliphatic carbocycles. The van der Waals surface area contributed by atoms with Crippen LogP contribution < -0.4 is 10.6 Å². The molecule has 0 unspecified atom stereocenters. The summed E-state index contributed by atoms with van der Waals surface area (Å²) in [7, 11) is 3.64. The molecule has 2 aliphatic rings. The molecular formula is C14H21N5O2. The van der Waals surface area contributed by atoms with E-state index in [1.54, 1.807) is 4.90 Å². The lowest BCUT2D eigenvalue weighted by Gasteiger charge is -2.19. The van der Waals surface area contributed by atoms with E-state index < -0.39 is 0 Å². The number of fused-ring (bicyclic) bond motifs is 2. The van der Waals surface area contributed by atoms with Crippen LogP contribution in [0.4, 0.5) is 11.9 Å². The molecule has 1 aromatic heterocycles. The van der Waals surface area contributed by atoms with Crippen LogP contribution in [0.25, 0.3) is 0 Å². The molecule has 21 heavy (non-hydrogen) atoms. The first kappa shape index (κ1) is 14.0. The van der Waals surface area contributed by atoms with Crippen molar-refractivity contribution in [3.63, 3.8) is 0 Å². The molecule has 2 N–H and O–H groups in total. The van der Waals surface area contributed by atoms with Crippen LogP contribution in [0, 0.1) is 17.8 Å². The zero-order chi connectivity index (χ0) is 15.0. The second-order valence-corrected chi connectivity index (χ2v) is 6.19. The van der Waals surface area contributed by atoms with E-state index in [1.807, 2.05) is 14.1 Å². The molecule has 0 spiro atoms. The quantitative estimate of drug-likeness (QED) is 0.827. The summed E-state index contributed by atoms with van der Waals surface area (Å²) in [5.41, 5.74) is 5.65. The lowest BCUT2D eigenvalue weighted by atomic mass is 9.89. The van der Waals surface area contributed by atoms with E-state index >= 15 is 0 Å². The van der Waals surface area contributed by atoms with Crippen molar-refractivity contribution in [3.8, 4) is 0 Å². The largest absolute Gasteiger partial charge is 0.457 e. The van der Waals surface area contributed by atoms with Crippen LogP contribution in [0.1, 0.15) is 31.5 Å². The summed E-state index contributed by atoms with van der Waals surface area (Å²) in [6.07, 6.45) is 4.59. The van der Waals surface area contributed by atoms with Crippen LogP contribution in [-0.4, -0.2) is 35.0 Å². The number of hydrogen-bond donors (Lipinski definition) is 1. The molecule has 0 aliphatic heterocycles. The summed E-state index contributed by atoms with van der Waals surface area (Å²) in [5.74, 6) is 2.18. The molecule has 7 nitrogen and oxygen atoms in total. The summed E-state index contributed by atoms with van der Waals surface area (Å²) in [6.45, 7) is 0.0558. The third-order valence-electron chi connectivity index (χ3n) is 4.47. The fraction of sp³-hybridized carbons (Fsp3) is 0.714. The normalized spacial score (nSPS) is 26.9. The van der Waals surface area contributed by atoms with Crippen molar-refractivity contribution in [1.82, 2.24) is 15.0 Å². The predicted molar refractivity (Wildman–Crippen MR) is 77.3 cm³/mol. The van der Waals surface area contributed by atoms with Crippen LogP contribution >= 0.6 is 0 Å². The SMILES string of the molecule is CN(C)c1nc(N)nc(COC(=O)[C@@H]2C[C@H]3CC[C@H]2C3)n1. The van der Waals surface area contributed by atoms with E-state index in [4.69, 9.17) is 10.5 Å². The highest BCUT2D eigenvalue weighted by Gasteiger charge is 2.43. The smallest absolute Gasteiger partial charge is 0.309 e. The molecular weight excluding hydrogens is 270 g/mol. The number of esters is 1. The van der Waals surface area contributed by atoms with Gasteiger partial charge in [0.05, 0.1) is 5.92 Å². The molecule has 3 rings (SSSR count). The molecule has 2 bridgehead atoms. The first-order valence-electron chi connectivity index (χ1n) is 7.37. The number of hydrogen-bond acceptors (Lipinski definition) is 7. The number of ether oxygens (including phenoxy) is 1. The van der Waals surface area contributed by atoms with E-state index in [0.29, 0.717) is 17.7 Å². The lowest BCUT2D eigenvalue weighted by molar-refractivity contribution is -0.152. The lowest BCUT2D eigenvalue weighted by Crippen LogP contribution is -2.24. The standard InChI is InChI=1S/C14H21N5O2/c1-19(2)14-17-11(16-13(15)18-14)7-21-12(20)10-6-8-3-4-9(10)5-8/h8-10H,3-7H2,1-2H3,(H2,15,16,17,18)/t8-,9-,10+/m0/s1. The van der Waals surface area contributed by atoms with Crippen LogP contribution in [0.3, 0.4) is 0 Å². The molecule has 7 heteroatoms. The van der Waals surface area contributed by atoms with Gasteiger partial charge in [-0.25, -0.2) is 0 Å². The Bertz CT molecular complexity index is 548. The summed E-state index contributed by atoms with van der Waals surface area (Å²) in [5, 5.41) is 0. The highest BCUT2D eigenvalue weighted by atomic mass is 16.5. The van der Waals surface area contributed by atoms with Gasteiger partial charge in [-0.05, 0) is 31.1 Å². The Morgan fingerprint density at radius 3 is 2.71 bits per heavy atom. The number of aromatic nitrogens is 3. The Labute approximate surface area is 123 Å². The van der Waals surface area contributed by atoms with E-state index in [0.717, 1.165) is 18.8 Å². The van der Waals surface area contributed by atoms with E-state index in [1.165, 1.54) is 12.8 Å². The minimum absolute atomic E-state index is 0.0558. The van der Waals surface area contributed by atoms with Crippen molar-refractivity contribution in [1.29, 1.82) is 0 Å². The first-order chi connectivity index (χ1) is 10.0. The first-order valence-corrected chi connectivity index (χ1v) is 7.37. The minimum atomic E-state index is -0.118. The van der Waals surface area contributed by atoms with Crippen molar-refractivity contribution in [2.24, 2.45) is 17.8 Å². The van der Waals surface area contributed by atoms with Crippen molar-refractivity contribution in [3.05, 3.63) is 5.82 Å². The number of carbonyl (C=O) groups excluding carboxylic acids is 1. The molecule has 0 saturated heterocycles. The molecule has 0 aromatic carbocycles. The fourth-order valence-electron chi connectivity index (χ4n) is 3.47. The maximum atomic E-state index is 12.2. The number of nitrogen functional groups attached to an aromatic ring is 1. The minimum Gasteiger partial charge on any atom is -0.457 e. The zero-order valence-electron chi connectivity index (χ0n) is 12.5. The van der Waals surface area contributed by atoms with Crippen molar-refractivity contribution in [2.45, 2.75) is 32.3 Å². The molecule has 2 fully saturated rings. The van der Waals surface area contributed by atoms with Crippen LogP contribution in [-0.2, 0) is 16.1 Å². The third-order valence-corrected chi connectivity index (χ3v) is 4.47. The topological polar surface area (TPSA) is 94.2 Å². The van der Waals surface area contributed by atoms with Gasteiger partial charge in [-0.3, -0.25) is 4.79 Å². The van der Waals surface area contributed by atoms with Crippen LogP contribution in [0.2, 0.25) is 0 Å². The molecule has 114 valence electrons. The summed E-state index contributed by atoms with van der Waals surface area (Å²) in [4.78, 5) is 26.2. The number of rotatable bonds is 4. The van der Waals surface area contributed by atoms with Gasteiger partial charge < -0.3 is 15.4 Å². The summed E-state index contributed by atoms with van der Waals surface area (Å²) in [6, 6.07) is 0. The van der Waals surface area contributed by atoms with Gasteiger partial charge in [-0.2, -0.15) is 15.0 Å². The van der Waals surface area contributed by atoms with Crippen molar-refractivity contribution in [2.75, 3.05) is 24.7 Å². The summed E-state index contributed by atoms with van der Waals surface area (Å²) < 4.78 is 5.39. The average molecular weight is 291 g/mol. The zero-order valence-corrected chi connectivity index (χ0v) is 12.5. The Balaban J connectivity index is 1.61. The van der Waals surface area contributed by atoms with E-state index in [9.17, 15) is 4.79 Å². The van der Waals surface area contributed by atoms with Gasteiger partial charge in [0, 0.05) is 14.1 Å². The van der Waals surface area contributed by atoms with Gasteiger partial charge in [0.15, 0.2) is 12.4 Å². The second kappa shape index (κ2) is 5.46. The molecule has 0 amide bonds. The van der Waals surface area contributed by atoms with Crippen LogP contribution in [0.5, 0.6) is 0 Å². The van der Waals surface area contributed by atoms with Crippen molar-refractivity contribution >= 4 is 17.9 Å². The fourth-order valence-corrected chi connectivity index (χ4v) is 3.47. The Morgan fingerprint density at radius 1 is 1.29 bits per heavy atom. The van der Waals surface area contributed by atoms with Gasteiger partial charge in [0.25, 0.3) is 0 Å². The molecule has 1 aromatic rings. The van der Waals surface area contributed by atoms with Gasteiger partial charge >= 0.3 is 5.97 Å². The Hall–Kier alpha value is -1.92. The van der Waals surface area contributed by atoms with E-state index in [2.05, 4.69) is 15.0 Å². The number of anilines is 2. The Morgan fingerprint density at radius 2 is 2.10 bits per heavy atom. The number of carbonyl (C=O) groups is 1. The molecule has 2 saturated carbocycles. The number of nitrogens with two attached hydrogens (primary N) is 1. The Kier molecular flexibility index (Phi) is 3.65.